The van der Waals surface area contributed by atoms with Gasteiger partial charge in [-0.3, -0.25) is 9.10 Å². The Morgan fingerprint density at radius 3 is 2.09 bits per heavy atom. The van der Waals surface area contributed by atoms with Crippen molar-refractivity contribution >= 4 is 21.6 Å². The topological polar surface area (TPSA) is 75.7 Å². The molecule has 7 heteroatoms. The maximum Gasteiger partial charge on any atom is 0.241 e. The highest BCUT2D eigenvalue weighted by molar-refractivity contribution is 7.92. The second-order valence-electron chi connectivity index (χ2n) is 7.56. The van der Waals surface area contributed by atoms with E-state index in [1.807, 2.05) is 61.5 Å². The Hall–Kier alpha value is -3.32. The Morgan fingerprint density at radius 2 is 1.53 bits per heavy atom. The Kier molecular flexibility index (Phi) is 7.53. The summed E-state index contributed by atoms with van der Waals surface area (Å²) in [7, 11) is -3.66. The molecule has 0 aliphatic rings. The Balaban J connectivity index is 1.68. The third-order valence-electron chi connectivity index (χ3n) is 5.06. The molecule has 168 valence electrons. The first-order chi connectivity index (χ1) is 15.3. The van der Waals surface area contributed by atoms with E-state index in [1.165, 1.54) is 5.56 Å². The monoisotopic (exact) mass is 452 g/mol. The molecule has 0 unspecified atom stereocenters. The van der Waals surface area contributed by atoms with Crippen molar-refractivity contribution in [3.8, 4) is 11.5 Å². The molecule has 1 atom stereocenters. The molecule has 0 fully saturated rings. The number of para-hydroxylation sites is 1. The van der Waals surface area contributed by atoms with E-state index in [2.05, 4.69) is 12.2 Å². The number of sulfonamides is 1. The fourth-order valence-electron chi connectivity index (χ4n) is 3.25. The molecule has 0 bridgehead atoms. The molecule has 0 aliphatic carbocycles. The highest BCUT2D eigenvalue weighted by atomic mass is 32.2. The molecule has 32 heavy (non-hydrogen) atoms. The summed E-state index contributed by atoms with van der Waals surface area (Å²) in [6, 6.07) is 23.7. The van der Waals surface area contributed by atoms with E-state index in [-0.39, 0.29) is 18.5 Å². The average Bonchev–Trinajstić information content (AvgIpc) is 2.78. The fraction of sp³-hybridized carbons (Fsp3) is 0.240. The molecule has 3 aromatic rings. The predicted molar refractivity (Wildman–Crippen MR) is 128 cm³/mol. The van der Waals surface area contributed by atoms with Gasteiger partial charge in [-0.25, -0.2) is 8.42 Å². The second-order valence-corrected chi connectivity index (χ2v) is 9.47. The van der Waals surface area contributed by atoms with Crippen molar-refractivity contribution in [1.82, 2.24) is 5.32 Å². The normalized spacial score (nSPS) is 12.1. The molecule has 0 saturated carbocycles. The largest absolute Gasteiger partial charge is 0.457 e. The molecule has 0 saturated heterocycles. The summed E-state index contributed by atoms with van der Waals surface area (Å²) in [5, 5.41) is 2.88. The minimum atomic E-state index is -3.66. The summed E-state index contributed by atoms with van der Waals surface area (Å²) in [5.41, 5.74) is 2.57. The third-order valence-corrected chi connectivity index (χ3v) is 6.20. The number of benzene rings is 3. The van der Waals surface area contributed by atoms with Gasteiger partial charge in [-0.05, 0) is 60.9 Å². The van der Waals surface area contributed by atoms with Crippen LogP contribution in [0.15, 0.2) is 78.9 Å². The van der Waals surface area contributed by atoms with E-state index >= 15 is 0 Å². The Labute approximate surface area is 189 Å². The molecule has 3 rings (SSSR count). The summed E-state index contributed by atoms with van der Waals surface area (Å²) in [6.07, 6.45) is 2.03. The van der Waals surface area contributed by atoms with Crippen molar-refractivity contribution in [3.63, 3.8) is 0 Å². The van der Waals surface area contributed by atoms with E-state index in [1.54, 1.807) is 24.3 Å². The lowest BCUT2D eigenvalue weighted by molar-refractivity contribution is -0.120. The number of hydrogen-bond acceptors (Lipinski definition) is 4. The van der Waals surface area contributed by atoms with E-state index in [9.17, 15) is 13.2 Å². The van der Waals surface area contributed by atoms with E-state index < -0.39 is 10.0 Å². The van der Waals surface area contributed by atoms with Crippen LogP contribution in [0, 0.1) is 0 Å². The lowest BCUT2D eigenvalue weighted by Gasteiger charge is -2.23. The smallest absolute Gasteiger partial charge is 0.241 e. The van der Waals surface area contributed by atoms with Gasteiger partial charge in [0.15, 0.2) is 0 Å². The number of carbonyl (C=O) groups excluding carboxylic acids is 1. The van der Waals surface area contributed by atoms with Crippen LogP contribution in [0.25, 0.3) is 0 Å². The van der Waals surface area contributed by atoms with Crippen molar-refractivity contribution in [3.05, 3.63) is 90.0 Å². The Bertz CT molecular complexity index is 1130. The van der Waals surface area contributed by atoms with Crippen LogP contribution in [0.3, 0.4) is 0 Å². The predicted octanol–water partition coefficient (Wildman–Crippen LogP) is 4.68. The van der Waals surface area contributed by atoms with Crippen LogP contribution in [0.5, 0.6) is 11.5 Å². The number of hydrogen-bond donors (Lipinski definition) is 1. The molecular weight excluding hydrogens is 424 g/mol. The Morgan fingerprint density at radius 1 is 0.938 bits per heavy atom. The SMILES string of the molecule is CCc1ccc([C@@H](C)NC(=O)CN(c2ccc(Oc3ccccc3)cc2)S(C)(=O)=O)cc1. The van der Waals surface area contributed by atoms with Crippen LogP contribution in [0.2, 0.25) is 0 Å². The number of carbonyl (C=O) groups is 1. The quantitative estimate of drug-likeness (QED) is 0.511. The second kappa shape index (κ2) is 10.3. The van der Waals surface area contributed by atoms with Crippen molar-refractivity contribution in [2.75, 3.05) is 17.1 Å². The summed E-state index contributed by atoms with van der Waals surface area (Å²) in [5.74, 6) is 0.870. The van der Waals surface area contributed by atoms with Crippen LogP contribution in [0.1, 0.15) is 31.0 Å². The van der Waals surface area contributed by atoms with E-state index in [0.29, 0.717) is 17.2 Å². The molecule has 3 aromatic carbocycles. The molecule has 1 N–H and O–H groups in total. The van der Waals surface area contributed by atoms with Crippen LogP contribution in [-0.2, 0) is 21.2 Å². The van der Waals surface area contributed by atoms with Crippen molar-refractivity contribution in [2.24, 2.45) is 0 Å². The molecular formula is C25H28N2O4S. The number of nitrogens with zero attached hydrogens (tertiary/aromatic N) is 1. The number of amides is 1. The van der Waals surface area contributed by atoms with Gasteiger partial charge in [0, 0.05) is 0 Å². The number of nitrogens with one attached hydrogen (secondary N) is 1. The zero-order chi connectivity index (χ0) is 23.1. The molecule has 0 radical (unpaired) electrons. The van der Waals surface area contributed by atoms with Gasteiger partial charge >= 0.3 is 0 Å². The molecule has 0 spiro atoms. The lowest BCUT2D eigenvalue weighted by atomic mass is 10.1. The summed E-state index contributed by atoms with van der Waals surface area (Å²) in [6.45, 7) is 3.65. The maximum atomic E-state index is 12.6. The first-order valence-electron chi connectivity index (χ1n) is 10.4. The highest BCUT2D eigenvalue weighted by Crippen LogP contribution is 2.25. The summed E-state index contributed by atoms with van der Waals surface area (Å²) in [4.78, 5) is 12.6. The molecule has 0 aliphatic heterocycles. The minimum absolute atomic E-state index is 0.239. The van der Waals surface area contributed by atoms with Gasteiger partial charge in [0.25, 0.3) is 0 Å². The maximum absolute atomic E-state index is 12.6. The van der Waals surface area contributed by atoms with Gasteiger partial charge < -0.3 is 10.1 Å². The van der Waals surface area contributed by atoms with E-state index in [4.69, 9.17) is 4.74 Å². The summed E-state index contributed by atoms with van der Waals surface area (Å²) < 4.78 is 31.6. The van der Waals surface area contributed by atoms with Crippen LogP contribution >= 0.6 is 0 Å². The molecule has 6 nitrogen and oxygen atoms in total. The molecule has 0 heterocycles. The first-order valence-corrected chi connectivity index (χ1v) is 12.3. The van der Waals surface area contributed by atoms with Gasteiger partial charge in [0.1, 0.15) is 18.0 Å². The van der Waals surface area contributed by atoms with Crippen molar-refractivity contribution in [1.29, 1.82) is 0 Å². The molecule has 0 aromatic heterocycles. The van der Waals surface area contributed by atoms with Gasteiger partial charge in [-0.2, -0.15) is 0 Å². The van der Waals surface area contributed by atoms with Gasteiger partial charge in [0.05, 0.1) is 18.0 Å². The highest BCUT2D eigenvalue weighted by Gasteiger charge is 2.22. The van der Waals surface area contributed by atoms with Crippen LogP contribution < -0.4 is 14.4 Å². The van der Waals surface area contributed by atoms with Crippen LogP contribution in [0.4, 0.5) is 5.69 Å². The van der Waals surface area contributed by atoms with Crippen molar-refractivity contribution in [2.45, 2.75) is 26.3 Å². The third kappa shape index (κ3) is 6.34. The number of anilines is 1. The first kappa shape index (κ1) is 23.3. The average molecular weight is 453 g/mol. The zero-order valence-corrected chi connectivity index (χ0v) is 19.3. The van der Waals surface area contributed by atoms with Crippen molar-refractivity contribution < 1.29 is 17.9 Å². The van der Waals surface area contributed by atoms with Gasteiger partial charge in [-0.1, -0.05) is 49.4 Å². The fourth-order valence-corrected chi connectivity index (χ4v) is 4.10. The van der Waals surface area contributed by atoms with Gasteiger partial charge in [-0.15, -0.1) is 0 Å². The van der Waals surface area contributed by atoms with Gasteiger partial charge in [0.2, 0.25) is 15.9 Å². The molecule has 1 amide bonds. The standard InChI is InChI=1S/C25H28N2O4S/c1-4-20-10-12-21(13-11-20)19(2)26-25(28)18-27(32(3,29)30)22-14-16-24(17-15-22)31-23-8-6-5-7-9-23/h5-17,19H,4,18H2,1-3H3,(H,26,28)/t19-/m1/s1. The lowest BCUT2D eigenvalue weighted by Crippen LogP contribution is -2.41. The summed E-state index contributed by atoms with van der Waals surface area (Å²) >= 11 is 0. The van der Waals surface area contributed by atoms with E-state index in [0.717, 1.165) is 22.5 Å². The number of rotatable bonds is 9. The minimum Gasteiger partial charge on any atom is -0.457 e. The zero-order valence-electron chi connectivity index (χ0n) is 18.5. The number of aryl methyl sites for hydroxylation is 1. The van der Waals surface area contributed by atoms with Crippen LogP contribution in [-0.4, -0.2) is 27.1 Å². The number of ether oxygens (including phenoxy) is 1.